The molecule has 0 aromatic rings. The maximum absolute atomic E-state index is 9.06. The third kappa shape index (κ3) is 1.08. The summed E-state index contributed by atoms with van der Waals surface area (Å²) in [5, 5.41) is 17.9. The Morgan fingerprint density at radius 3 is 1.89 bits per heavy atom. The average molecular weight is 132 g/mol. The van der Waals surface area contributed by atoms with Crippen molar-refractivity contribution in [3.8, 4) is 0 Å². The van der Waals surface area contributed by atoms with E-state index in [1.807, 2.05) is 13.8 Å². The summed E-state index contributed by atoms with van der Waals surface area (Å²) >= 11 is 0. The van der Waals surface area contributed by atoms with E-state index in [1.165, 1.54) is 0 Å². The van der Waals surface area contributed by atoms with Crippen LogP contribution in [0.25, 0.3) is 0 Å². The molecule has 0 aromatic heterocycles. The zero-order valence-electron chi connectivity index (χ0n) is 5.61. The van der Waals surface area contributed by atoms with Crippen LogP contribution in [-0.4, -0.2) is 28.7 Å². The summed E-state index contributed by atoms with van der Waals surface area (Å²) in [5.41, 5.74) is 0. The van der Waals surface area contributed by atoms with Crippen LogP contribution in [0.15, 0.2) is 0 Å². The first-order valence-corrected chi connectivity index (χ1v) is 3.14. The topological polar surface area (TPSA) is 49.7 Å². The molecular formula is C6H12O3. The molecule has 1 aliphatic heterocycles. The molecule has 54 valence electrons. The second kappa shape index (κ2) is 2.25. The molecule has 0 aromatic carbocycles. The second-order valence-electron chi connectivity index (χ2n) is 2.58. The Hall–Kier alpha value is -0.120. The van der Waals surface area contributed by atoms with Crippen molar-refractivity contribution in [2.75, 3.05) is 0 Å². The summed E-state index contributed by atoms with van der Waals surface area (Å²) in [7, 11) is 0. The van der Waals surface area contributed by atoms with Gasteiger partial charge in [-0.05, 0) is 6.92 Å². The molecule has 3 unspecified atom stereocenters. The minimum absolute atomic E-state index is 0.0324. The van der Waals surface area contributed by atoms with Gasteiger partial charge in [0, 0.05) is 5.92 Å². The number of hydrogen-bond donors (Lipinski definition) is 2. The fraction of sp³-hybridized carbons (Fsp3) is 1.00. The summed E-state index contributed by atoms with van der Waals surface area (Å²) in [5.74, 6) is 0.0417. The lowest BCUT2D eigenvalue weighted by Gasteiger charge is -2.08. The standard InChI is InChI=1S/C6H12O3/c1-3-4(2)9-6(8)5(3)7/h3-8H,1-2H3/t3?,4-,5?,6?/m1/s1. The minimum atomic E-state index is -0.977. The number of aliphatic hydroxyl groups is 2. The molecule has 0 saturated carbocycles. The Labute approximate surface area is 54.3 Å². The van der Waals surface area contributed by atoms with E-state index >= 15 is 0 Å². The van der Waals surface area contributed by atoms with Crippen LogP contribution >= 0.6 is 0 Å². The Bertz CT molecular complexity index is 92.5. The van der Waals surface area contributed by atoms with Crippen LogP contribution < -0.4 is 0 Å². The van der Waals surface area contributed by atoms with Gasteiger partial charge in [0.15, 0.2) is 6.29 Å². The van der Waals surface area contributed by atoms with E-state index in [1.54, 1.807) is 0 Å². The SMILES string of the molecule is CC1C(O)C(O)O[C@@H]1C. The van der Waals surface area contributed by atoms with Gasteiger partial charge in [-0.1, -0.05) is 6.92 Å². The molecule has 0 bridgehead atoms. The fourth-order valence-electron chi connectivity index (χ4n) is 0.962. The lowest BCUT2D eigenvalue weighted by molar-refractivity contribution is -0.123. The Morgan fingerprint density at radius 2 is 1.78 bits per heavy atom. The number of ether oxygens (including phenoxy) is 1. The van der Waals surface area contributed by atoms with Gasteiger partial charge in [-0.3, -0.25) is 0 Å². The van der Waals surface area contributed by atoms with E-state index in [2.05, 4.69) is 0 Å². The molecule has 0 radical (unpaired) electrons. The minimum Gasteiger partial charge on any atom is -0.387 e. The lowest BCUT2D eigenvalue weighted by Crippen LogP contribution is -2.24. The van der Waals surface area contributed by atoms with Gasteiger partial charge in [0.1, 0.15) is 6.10 Å². The highest BCUT2D eigenvalue weighted by atomic mass is 16.6. The highest BCUT2D eigenvalue weighted by molar-refractivity contribution is 4.79. The molecule has 0 spiro atoms. The number of aliphatic hydroxyl groups excluding tert-OH is 2. The van der Waals surface area contributed by atoms with Crippen molar-refractivity contribution in [2.24, 2.45) is 5.92 Å². The third-order valence-electron chi connectivity index (χ3n) is 1.93. The quantitative estimate of drug-likeness (QED) is 0.476. The average Bonchev–Trinajstić information content (AvgIpc) is 1.98. The second-order valence-corrected chi connectivity index (χ2v) is 2.58. The summed E-state index contributed by atoms with van der Waals surface area (Å²) in [6.07, 6.45) is -1.72. The van der Waals surface area contributed by atoms with Crippen LogP contribution in [0.4, 0.5) is 0 Å². The first-order valence-electron chi connectivity index (χ1n) is 3.14. The molecule has 0 aliphatic carbocycles. The smallest absolute Gasteiger partial charge is 0.181 e. The Kier molecular flexibility index (Phi) is 1.75. The number of rotatable bonds is 0. The van der Waals surface area contributed by atoms with E-state index in [-0.39, 0.29) is 12.0 Å². The molecule has 1 fully saturated rings. The maximum Gasteiger partial charge on any atom is 0.181 e. The van der Waals surface area contributed by atoms with Gasteiger partial charge >= 0.3 is 0 Å². The van der Waals surface area contributed by atoms with Crippen molar-refractivity contribution < 1.29 is 14.9 Å². The van der Waals surface area contributed by atoms with Gasteiger partial charge in [-0.25, -0.2) is 0 Å². The van der Waals surface area contributed by atoms with Crippen molar-refractivity contribution in [3.05, 3.63) is 0 Å². The van der Waals surface area contributed by atoms with Crippen molar-refractivity contribution in [3.63, 3.8) is 0 Å². The molecule has 2 N–H and O–H groups in total. The van der Waals surface area contributed by atoms with Crippen LogP contribution in [0, 0.1) is 5.92 Å². The molecule has 3 heteroatoms. The van der Waals surface area contributed by atoms with E-state index in [0.29, 0.717) is 0 Å². The summed E-state index contributed by atoms with van der Waals surface area (Å²) in [6.45, 7) is 3.69. The monoisotopic (exact) mass is 132 g/mol. The summed E-state index contributed by atoms with van der Waals surface area (Å²) in [6, 6.07) is 0. The highest BCUT2D eigenvalue weighted by Crippen LogP contribution is 2.24. The van der Waals surface area contributed by atoms with Crippen molar-refractivity contribution in [1.29, 1.82) is 0 Å². The maximum atomic E-state index is 9.06. The van der Waals surface area contributed by atoms with Gasteiger partial charge in [-0.15, -0.1) is 0 Å². The van der Waals surface area contributed by atoms with Gasteiger partial charge in [0.05, 0.1) is 6.10 Å². The zero-order chi connectivity index (χ0) is 7.02. The molecule has 3 nitrogen and oxygen atoms in total. The number of hydrogen-bond acceptors (Lipinski definition) is 3. The fourth-order valence-corrected chi connectivity index (χ4v) is 0.962. The molecule has 1 heterocycles. The predicted molar refractivity (Wildman–Crippen MR) is 31.7 cm³/mol. The molecule has 1 saturated heterocycles. The summed E-state index contributed by atoms with van der Waals surface area (Å²) in [4.78, 5) is 0. The Morgan fingerprint density at radius 1 is 1.22 bits per heavy atom. The highest BCUT2D eigenvalue weighted by Gasteiger charge is 2.36. The van der Waals surface area contributed by atoms with Crippen LogP contribution in [0.5, 0.6) is 0 Å². The molecular weight excluding hydrogens is 120 g/mol. The van der Waals surface area contributed by atoms with Crippen molar-refractivity contribution in [1.82, 2.24) is 0 Å². The first-order chi connectivity index (χ1) is 4.13. The van der Waals surface area contributed by atoms with Crippen LogP contribution in [-0.2, 0) is 4.74 Å². The van der Waals surface area contributed by atoms with Crippen molar-refractivity contribution in [2.45, 2.75) is 32.3 Å². The molecule has 1 aliphatic rings. The molecule has 1 rings (SSSR count). The lowest BCUT2D eigenvalue weighted by atomic mass is 10.0. The predicted octanol–water partition coefficient (Wildman–Crippen LogP) is -0.280. The molecule has 9 heavy (non-hydrogen) atoms. The third-order valence-corrected chi connectivity index (χ3v) is 1.93. The summed E-state index contributed by atoms with van der Waals surface area (Å²) < 4.78 is 4.89. The molecule has 0 amide bonds. The van der Waals surface area contributed by atoms with E-state index in [4.69, 9.17) is 14.9 Å². The van der Waals surface area contributed by atoms with Gasteiger partial charge in [0.25, 0.3) is 0 Å². The van der Waals surface area contributed by atoms with Crippen LogP contribution in [0.1, 0.15) is 13.8 Å². The van der Waals surface area contributed by atoms with E-state index in [9.17, 15) is 0 Å². The van der Waals surface area contributed by atoms with Crippen LogP contribution in [0.2, 0.25) is 0 Å². The van der Waals surface area contributed by atoms with Crippen molar-refractivity contribution >= 4 is 0 Å². The van der Waals surface area contributed by atoms with Gasteiger partial charge in [-0.2, -0.15) is 0 Å². The first kappa shape index (κ1) is 6.99. The van der Waals surface area contributed by atoms with Crippen LogP contribution in [0.3, 0.4) is 0 Å². The molecule has 4 atom stereocenters. The zero-order valence-corrected chi connectivity index (χ0v) is 5.61. The van der Waals surface area contributed by atoms with E-state index in [0.717, 1.165) is 0 Å². The van der Waals surface area contributed by atoms with E-state index < -0.39 is 12.4 Å². The Balaban J connectivity index is 2.54. The largest absolute Gasteiger partial charge is 0.387 e. The normalized spacial score (nSPS) is 52.0. The van der Waals surface area contributed by atoms with Gasteiger partial charge < -0.3 is 14.9 Å². The van der Waals surface area contributed by atoms with Gasteiger partial charge in [0.2, 0.25) is 0 Å².